The van der Waals surface area contributed by atoms with Crippen molar-refractivity contribution in [2.75, 3.05) is 35.8 Å². The Balaban J connectivity index is 2.22. The van der Waals surface area contributed by atoms with Crippen LogP contribution in [0.15, 0.2) is 4.79 Å². The zero-order valence-electron chi connectivity index (χ0n) is 10.6. The molecule has 2 heterocycles. The maximum absolute atomic E-state index is 12.1. The second-order valence-electron chi connectivity index (χ2n) is 4.10. The highest BCUT2D eigenvalue weighted by atomic mass is 127. The minimum atomic E-state index is -1.25. The lowest BCUT2D eigenvalue weighted by Gasteiger charge is -2.23. The summed E-state index contributed by atoms with van der Waals surface area (Å²) in [7, 11) is 0. The van der Waals surface area contributed by atoms with Crippen molar-refractivity contribution in [3.63, 3.8) is 0 Å². The topological polar surface area (TPSA) is 126 Å². The van der Waals surface area contributed by atoms with Gasteiger partial charge < -0.3 is 26.0 Å². The Morgan fingerprint density at radius 3 is 3.00 bits per heavy atom. The summed E-state index contributed by atoms with van der Waals surface area (Å²) in [6.45, 7) is 0.374. The van der Waals surface area contributed by atoms with E-state index in [1.165, 1.54) is 9.47 Å². The molecule has 0 saturated heterocycles. The van der Waals surface area contributed by atoms with Crippen molar-refractivity contribution in [2.45, 2.75) is 17.4 Å². The summed E-state index contributed by atoms with van der Waals surface area (Å²) in [5.41, 5.74) is 5.73. The number of alkyl halides is 1. The molecule has 1 atom stereocenters. The SMILES string of the molecule is Nc1nc2c(c(=O)n1CI)NCN2C(O)OCCCO. The van der Waals surface area contributed by atoms with Crippen LogP contribution in [0.3, 0.4) is 0 Å². The molecular formula is C10H16IN5O4. The molecule has 0 aliphatic carbocycles. The summed E-state index contributed by atoms with van der Waals surface area (Å²) in [4.78, 5) is 17.7. The highest BCUT2D eigenvalue weighted by Gasteiger charge is 2.30. The van der Waals surface area contributed by atoms with Crippen LogP contribution in [0, 0.1) is 0 Å². The zero-order chi connectivity index (χ0) is 14.7. The van der Waals surface area contributed by atoms with E-state index in [0.29, 0.717) is 16.7 Å². The third-order valence-electron chi connectivity index (χ3n) is 2.83. The van der Waals surface area contributed by atoms with Crippen molar-refractivity contribution in [1.29, 1.82) is 0 Å². The lowest BCUT2D eigenvalue weighted by Crippen LogP contribution is -2.38. The number of hydrogen-bond donors (Lipinski definition) is 4. The van der Waals surface area contributed by atoms with Crippen molar-refractivity contribution in [2.24, 2.45) is 0 Å². The standard InChI is InChI=1S/C10H16IN5O4/c11-4-15-8(18)6-7(14-9(15)12)16(5-13-6)10(19)20-3-1-2-17/h10,13,17,19H,1-5H2,(H2,12,14). The van der Waals surface area contributed by atoms with Crippen molar-refractivity contribution in [1.82, 2.24) is 9.55 Å². The van der Waals surface area contributed by atoms with Crippen LogP contribution in [-0.2, 0) is 9.29 Å². The van der Waals surface area contributed by atoms with Gasteiger partial charge in [-0.05, 0) is 6.42 Å². The first-order valence-electron chi connectivity index (χ1n) is 5.97. The molecule has 0 saturated carbocycles. The summed E-state index contributed by atoms with van der Waals surface area (Å²) in [5, 5.41) is 21.5. The van der Waals surface area contributed by atoms with E-state index < -0.39 is 6.41 Å². The van der Waals surface area contributed by atoms with Crippen LogP contribution in [-0.4, -0.2) is 46.1 Å². The summed E-state index contributed by atoms with van der Waals surface area (Å²) in [6, 6.07) is 0. The Morgan fingerprint density at radius 2 is 2.35 bits per heavy atom. The monoisotopic (exact) mass is 397 g/mol. The molecule has 2 rings (SSSR count). The van der Waals surface area contributed by atoms with Gasteiger partial charge in [0.25, 0.3) is 5.56 Å². The zero-order valence-corrected chi connectivity index (χ0v) is 12.8. The molecule has 1 aromatic heterocycles. The largest absolute Gasteiger partial charge is 0.396 e. The predicted molar refractivity (Wildman–Crippen MR) is 81.6 cm³/mol. The van der Waals surface area contributed by atoms with E-state index >= 15 is 0 Å². The van der Waals surface area contributed by atoms with Crippen LogP contribution in [0.4, 0.5) is 17.5 Å². The van der Waals surface area contributed by atoms with Gasteiger partial charge in [0, 0.05) is 6.61 Å². The number of nitrogens with two attached hydrogens (primary N) is 1. The van der Waals surface area contributed by atoms with Crippen LogP contribution in [0.5, 0.6) is 0 Å². The van der Waals surface area contributed by atoms with Crippen LogP contribution < -0.4 is 21.5 Å². The molecule has 0 amide bonds. The van der Waals surface area contributed by atoms with Gasteiger partial charge in [0.05, 0.1) is 17.8 Å². The predicted octanol–water partition coefficient (Wildman–Crippen LogP) is -0.918. The summed E-state index contributed by atoms with van der Waals surface area (Å²) < 4.78 is 6.87. The van der Waals surface area contributed by atoms with Crippen LogP contribution in [0.25, 0.3) is 0 Å². The quantitative estimate of drug-likeness (QED) is 0.210. The van der Waals surface area contributed by atoms with Crippen molar-refractivity contribution >= 4 is 40.0 Å². The van der Waals surface area contributed by atoms with Gasteiger partial charge in [-0.25, -0.2) is 0 Å². The number of aliphatic hydroxyl groups excluding tert-OH is 2. The number of nitrogen functional groups attached to an aromatic ring is 1. The van der Waals surface area contributed by atoms with E-state index in [0.717, 1.165) is 0 Å². The molecule has 112 valence electrons. The fraction of sp³-hybridized carbons (Fsp3) is 0.600. The van der Waals surface area contributed by atoms with Crippen molar-refractivity contribution < 1.29 is 14.9 Å². The number of nitrogens with one attached hydrogen (secondary N) is 1. The van der Waals surface area contributed by atoms with E-state index in [4.69, 9.17) is 15.6 Å². The number of aliphatic hydroxyl groups is 2. The third-order valence-corrected chi connectivity index (χ3v) is 3.52. The Bertz CT molecular complexity index is 537. The second-order valence-corrected chi connectivity index (χ2v) is 4.78. The molecule has 1 aromatic rings. The Morgan fingerprint density at radius 1 is 1.60 bits per heavy atom. The molecular weight excluding hydrogens is 381 g/mol. The third kappa shape index (κ3) is 2.82. The lowest BCUT2D eigenvalue weighted by atomic mass is 10.4. The summed E-state index contributed by atoms with van der Waals surface area (Å²) in [5.74, 6) is 0.351. The number of anilines is 3. The fourth-order valence-electron chi connectivity index (χ4n) is 1.80. The van der Waals surface area contributed by atoms with Crippen LogP contribution in [0.1, 0.15) is 6.42 Å². The average Bonchev–Trinajstić information content (AvgIpc) is 2.83. The van der Waals surface area contributed by atoms with Gasteiger partial charge in [0.2, 0.25) is 12.4 Å². The average molecular weight is 397 g/mol. The number of rotatable bonds is 6. The number of hydrogen-bond acceptors (Lipinski definition) is 8. The molecule has 9 nitrogen and oxygen atoms in total. The van der Waals surface area contributed by atoms with Crippen molar-refractivity contribution in [3.8, 4) is 0 Å². The minimum Gasteiger partial charge on any atom is -0.396 e. The van der Waals surface area contributed by atoms with Gasteiger partial charge in [0.15, 0.2) is 5.82 Å². The van der Waals surface area contributed by atoms with E-state index in [2.05, 4.69) is 10.3 Å². The number of aromatic nitrogens is 2. The molecule has 1 aliphatic rings. The number of nitrogens with zero attached hydrogens (tertiary/aromatic N) is 3. The van der Waals surface area contributed by atoms with Crippen LogP contribution in [0.2, 0.25) is 0 Å². The molecule has 1 aliphatic heterocycles. The van der Waals surface area contributed by atoms with Gasteiger partial charge in [-0.2, -0.15) is 4.98 Å². The maximum Gasteiger partial charge on any atom is 0.281 e. The summed E-state index contributed by atoms with van der Waals surface area (Å²) >= 11 is 2.01. The molecule has 5 N–H and O–H groups in total. The molecule has 0 radical (unpaired) electrons. The van der Waals surface area contributed by atoms with Gasteiger partial charge in [0.1, 0.15) is 5.69 Å². The first-order chi connectivity index (χ1) is 9.60. The first-order valence-corrected chi connectivity index (χ1v) is 7.50. The maximum atomic E-state index is 12.1. The van der Waals surface area contributed by atoms with E-state index in [9.17, 15) is 9.90 Å². The molecule has 20 heavy (non-hydrogen) atoms. The number of halogens is 1. The molecule has 0 spiro atoms. The van der Waals surface area contributed by atoms with Crippen molar-refractivity contribution in [3.05, 3.63) is 10.4 Å². The van der Waals surface area contributed by atoms with E-state index in [1.807, 2.05) is 22.6 Å². The Kier molecular flexibility index (Phi) is 5.01. The minimum absolute atomic E-state index is 0.0207. The number of ether oxygens (including phenoxy) is 1. The van der Waals surface area contributed by atoms with Crippen LogP contribution >= 0.6 is 22.6 Å². The highest BCUT2D eigenvalue weighted by molar-refractivity contribution is 14.1. The summed E-state index contributed by atoms with van der Waals surface area (Å²) in [6.07, 6.45) is -0.839. The highest BCUT2D eigenvalue weighted by Crippen LogP contribution is 2.28. The smallest absolute Gasteiger partial charge is 0.281 e. The molecule has 1 unspecified atom stereocenters. The Hall–Kier alpha value is -1.11. The second kappa shape index (κ2) is 6.56. The van der Waals surface area contributed by atoms with Gasteiger partial charge in [-0.3, -0.25) is 14.3 Å². The van der Waals surface area contributed by atoms with E-state index in [1.54, 1.807) is 0 Å². The Labute approximate surface area is 128 Å². The normalized spacial score (nSPS) is 15.1. The molecule has 0 bridgehead atoms. The lowest BCUT2D eigenvalue weighted by molar-refractivity contribution is -0.100. The molecule has 10 heteroatoms. The van der Waals surface area contributed by atoms with Gasteiger partial charge in [-0.1, -0.05) is 22.6 Å². The molecule has 0 aromatic carbocycles. The first kappa shape index (κ1) is 15.3. The molecule has 0 fully saturated rings. The fourth-order valence-corrected chi connectivity index (χ4v) is 2.46. The van der Waals surface area contributed by atoms with E-state index in [-0.39, 0.29) is 37.2 Å². The number of fused-ring (bicyclic) bond motifs is 1. The van der Waals surface area contributed by atoms with Gasteiger partial charge in [-0.15, -0.1) is 0 Å². The van der Waals surface area contributed by atoms with Gasteiger partial charge >= 0.3 is 0 Å².